The number of rotatable bonds is 4. The van der Waals surface area contributed by atoms with Crippen molar-refractivity contribution in [3.05, 3.63) is 59.7 Å². The molecular formula is C19H18N4O3. The van der Waals surface area contributed by atoms with Crippen LogP contribution in [0.4, 0.5) is 5.69 Å². The van der Waals surface area contributed by atoms with E-state index >= 15 is 0 Å². The monoisotopic (exact) mass is 350 g/mol. The molecule has 0 unspecified atom stereocenters. The fourth-order valence-electron chi connectivity index (χ4n) is 3.26. The summed E-state index contributed by atoms with van der Waals surface area (Å²) < 4.78 is 5.23. The second kappa shape index (κ2) is 6.25. The zero-order chi connectivity index (χ0) is 18.3. The maximum Gasteiger partial charge on any atom is 0.263 e. The quantitative estimate of drug-likeness (QED) is 0.794. The molecule has 2 atom stereocenters. The summed E-state index contributed by atoms with van der Waals surface area (Å²) >= 11 is 0. The van der Waals surface area contributed by atoms with Gasteiger partial charge in [0.15, 0.2) is 12.1 Å². The number of imide groups is 1. The number of hydrogen-bond donors (Lipinski definition) is 0. The molecule has 0 bridgehead atoms. The molecular weight excluding hydrogens is 332 g/mol. The van der Waals surface area contributed by atoms with E-state index in [4.69, 9.17) is 4.74 Å². The van der Waals surface area contributed by atoms with Crippen LogP contribution in [0.15, 0.2) is 58.9 Å². The molecule has 0 N–H and O–H groups in total. The van der Waals surface area contributed by atoms with Crippen LogP contribution in [-0.2, 0) is 16.1 Å². The van der Waals surface area contributed by atoms with Gasteiger partial charge < -0.3 is 4.74 Å². The molecule has 0 radical (unpaired) electrons. The van der Waals surface area contributed by atoms with Crippen molar-refractivity contribution in [2.24, 2.45) is 10.3 Å². The predicted molar refractivity (Wildman–Crippen MR) is 94.6 cm³/mol. The first-order valence-corrected chi connectivity index (χ1v) is 8.33. The zero-order valence-electron chi connectivity index (χ0n) is 14.5. The Kier molecular flexibility index (Phi) is 3.91. The van der Waals surface area contributed by atoms with Crippen LogP contribution < -0.4 is 9.64 Å². The Hall–Kier alpha value is -3.22. The lowest BCUT2D eigenvalue weighted by Crippen LogP contribution is -2.39. The highest BCUT2D eigenvalue weighted by Crippen LogP contribution is 2.33. The van der Waals surface area contributed by atoms with Gasteiger partial charge in [-0.1, -0.05) is 35.1 Å². The summed E-state index contributed by atoms with van der Waals surface area (Å²) in [5, 5.41) is 9.69. The van der Waals surface area contributed by atoms with Crippen molar-refractivity contribution >= 4 is 17.5 Å². The molecule has 2 aromatic carbocycles. The summed E-state index contributed by atoms with van der Waals surface area (Å²) in [6.45, 7) is 2.33. The van der Waals surface area contributed by atoms with Crippen molar-refractivity contribution in [1.29, 1.82) is 0 Å². The molecule has 2 amide bonds. The maximum absolute atomic E-state index is 12.9. The number of anilines is 1. The standard InChI is InChI=1S/C19H18N4O3/c1-12-6-8-14(9-7-12)23-18(24)16-17(19(23)25)22(21-20-16)11-13-4-3-5-15(10-13)26-2/h3-10,16-17H,11H2,1-2H3/t16-,17+/m0/s1. The molecule has 4 rings (SSSR count). The summed E-state index contributed by atoms with van der Waals surface area (Å²) in [7, 11) is 1.60. The fourth-order valence-corrected chi connectivity index (χ4v) is 3.26. The van der Waals surface area contributed by atoms with E-state index in [1.54, 1.807) is 24.3 Å². The van der Waals surface area contributed by atoms with E-state index in [0.29, 0.717) is 12.2 Å². The molecule has 2 aliphatic heterocycles. The lowest BCUT2D eigenvalue weighted by atomic mass is 10.1. The summed E-state index contributed by atoms with van der Waals surface area (Å²) in [5.41, 5.74) is 2.56. The maximum atomic E-state index is 12.9. The highest BCUT2D eigenvalue weighted by Gasteiger charge is 2.54. The minimum absolute atomic E-state index is 0.295. The minimum atomic E-state index is -0.783. The molecule has 0 aromatic heterocycles. The van der Waals surface area contributed by atoms with Crippen LogP contribution in [0.25, 0.3) is 0 Å². The van der Waals surface area contributed by atoms with Crippen LogP contribution in [0.2, 0.25) is 0 Å². The first kappa shape index (κ1) is 16.3. The Morgan fingerprint density at radius 1 is 1.08 bits per heavy atom. The largest absolute Gasteiger partial charge is 0.497 e. The summed E-state index contributed by atoms with van der Waals surface area (Å²) in [5.74, 6) is 0.0998. The number of methoxy groups -OCH3 is 1. The molecule has 2 aromatic rings. The van der Waals surface area contributed by atoms with Crippen molar-refractivity contribution in [2.75, 3.05) is 12.0 Å². The van der Waals surface area contributed by atoms with Crippen LogP contribution in [0, 0.1) is 6.92 Å². The molecule has 1 saturated heterocycles. The van der Waals surface area contributed by atoms with Crippen molar-refractivity contribution in [1.82, 2.24) is 5.01 Å². The van der Waals surface area contributed by atoms with Gasteiger partial charge in [0.25, 0.3) is 11.8 Å². The van der Waals surface area contributed by atoms with Gasteiger partial charge in [0, 0.05) is 0 Å². The van der Waals surface area contributed by atoms with Gasteiger partial charge >= 0.3 is 0 Å². The van der Waals surface area contributed by atoms with E-state index < -0.39 is 12.1 Å². The molecule has 2 aliphatic rings. The highest BCUT2D eigenvalue weighted by molar-refractivity contribution is 6.25. The number of carbonyl (C=O) groups excluding carboxylic acids is 2. The second-order valence-corrected chi connectivity index (χ2v) is 6.39. The molecule has 0 spiro atoms. The van der Waals surface area contributed by atoms with E-state index in [0.717, 1.165) is 16.9 Å². The highest BCUT2D eigenvalue weighted by atomic mass is 16.5. The number of benzene rings is 2. The van der Waals surface area contributed by atoms with Crippen LogP contribution in [0.3, 0.4) is 0 Å². The van der Waals surface area contributed by atoms with E-state index in [9.17, 15) is 9.59 Å². The minimum Gasteiger partial charge on any atom is -0.497 e. The SMILES string of the molecule is COc1cccc(CN2N=N[C@@H]3C(=O)N(c4ccc(C)cc4)C(=O)[C@@H]32)c1. The Morgan fingerprint density at radius 2 is 1.85 bits per heavy atom. The van der Waals surface area contributed by atoms with Crippen molar-refractivity contribution in [3.8, 4) is 5.75 Å². The number of aryl methyl sites for hydroxylation is 1. The molecule has 7 nitrogen and oxygen atoms in total. The summed E-state index contributed by atoms with van der Waals surface area (Å²) in [4.78, 5) is 26.8. The van der Waals surface area contributed by atoms with Crippen molar-refractivity contribution < 1.29 is 14.3 Å². The van der Waals surface area contributed by atoms with Crippen molar-refractivity contribution in [3.63, 3.8) is 0 Å². The normalized spacial score (nSPS) is 21.5. The number of fused-ring (bicyclic) bond motifs is 1. The summed E-state index contributed by atoms with van der Waals surface area (Å²) in [6.07, 6.45) is 0. The number of carbonyl (C=O) groups is 2. The van der Waals surface area contributed by atoms with Gasteiger partial charge in [-0.05, 0) is 36.8 Å². The number of ether oxygens (including phenoxy) is 1. The average Bonchev–Trinajstić information content (AvgIpc) is 3.17. The van der Waals surface area contributed by atoms with Gasteiger partial charge in [0.2, 0.25) is 0 Å². The van der Waals surface area contributed by atoms with Gasteiger partial charge in [0.05, 0.1) is 19.3 Å². The number of hydrogen-bond acceptors (Lipinski definition) is 6. The lowest BCUT2D eigenvalue weighted by Gasteiger charge is -2.21. The third-order valence-electron chi connectivity index (χ3n) is 4.63. The van der Waals surface area contributed by atoms with Crippen molar-refractivity contribution in [2.45, 2.75) is 25.6 Å². The van der Waals surface area contributed by atoms with Crippen LogP contribution in [0.5, 0.6) is 5.75 Å². The molecule has 26 heavy (non-hydrogen) atoms. The Bertz CT molecular complexity index is 894. The van der Waals surface area contributed by atoms with E-state index in [1.807, 2.05) is 43.3 Å². The van der Waals surface area contributed by atoms with Gasteiger partial charge in [-0.3, -0.25) is 14.6 Å². The van der Waals surface area contributed by atoms with Crippen LogP contribution in [-0.4, -0.2) is 36.0 Å². The molecule has 132 valence electrons. The van der Waals surface area contributed by atoms with E-state index in [-0.39, 0.29) is 11.8 Å². The van der Waals surface area contributed by atoms with Gasteiger partial charge in [0.1, 0.15) is 5.75 Å². The third kappa shape index (κ3) is 2.61. The smallest absolute Gasteiger partial charge is 0.263 e. The molecule has 0 saturated carbocycles. The lowest BCUT2D eigenvalue weighted by molar-refractivity contribution is -0.123. The molecule has 1 fully saturated rings. The van der Waals surface area contributed by atoms with Crippen LogP contribution in [0.1, 0.15) is 11.1 Å². The van der Waals surface area contributed by atoms with Crippen LogP contribution >= 0.6 is 0 Å². The Labute approximate surface area is 150 Å². The van der Waals surface area contributed by atoms with Gasteiger partial charge in [-0.25, -0.2) is 4.90 Å². The number of nitrogens with zero attached hydrogens (tertiary/aromatic N) is 4. The van der Waals surface area contributed by atoms with E-state index in [2.05, 4.69) is 10.3 Å². The molecule has 7 heteroatoms. The zero-order valence-corrected chi connectivity index (χ0v) is 14.5. The van der Waals surface area contributed by atoms with Gasteiger partial charge in [-0.15, -0.1) is 0 Å². The predicted octanol–water partition coefficient (Wildman–Crippen LogP) is 2.50. The first-order chi connectivity index (χ1) is 12.6. The summed E-state index contributed by atoms with van der Waals surface area (Å²) in [6, 6.07) is 13.3. The fraction of sp³-hybridized carbons (Fsp3) is 0.263. The van der Waals surface area contributed by atoms with E-state index in [1.165, 1.54) is 4.90 Å². The van der Waals surface area contributed by atoms with Gasteiger partial charge in [-0.2, -0.15) is 5.11 Å². The topological polar surface area (TPSA) is 74.6 Å². The average molecular weight is 350 g/mol. The molecule has 2 heterocycles. The Balaban J connectivity index is 1.58. The number of amides is 2. The Morgan fingerprint density at radius 3 is 2.58 bits per heavy atom. The second-order valence-electron chi connectivity index (χ2n) is 6.39. The molecule has 0 aliphatic carbocycles. The third-order valence-corrected chi connectivity index (χ3v) is 4.63. The first-order valence-electron chi connectivity index (χ1n) is 8.33.